The van der Waals surface area contributed by atoms with Crippen LogP contribution < -0.4 is 10.6 Å². The number of aryl methyl sites for hydroxylation is 1. The average molecular weight is 528 g/mol. The van der Waals surface area contributed by atoms with Gasteiger partial charge in [0.25, 0.3) is 5.91 Å². The number of rotatable bonds is 7. The van der Waals surface area contributed by atoms with E-state index in [9.17, 15) is 22.4 Å². The number of halogens is 4. The number of fused-ring (bicyclic) bond motifs is 1. The van der Waals surface area contributed by atoms with Crippen molar-refractivity contribution in [1.82, 2.24) is 20.2 Å². The van der Waals surface area contributed by atoms with Crippen LogP contribution in [0.5, 0.6) is 0 Å². The standard InChI is InChI=1S/C28H29F4N5O/c1-17-7-4-11-25(34-17)27(38)33-13-6-8-19-15-21-20(26(35-19)18(2)28(30,31)32)9-5-10-23(21)36-24-12-14-37(3)16-22(24)29/h4-11,15,22,24,36H,2,12-14,16H2,1,3H3,(H,33,38)/b8-6+/t22-,24+/m0/s1. The maximum absolute atomic E-state index is 14.7. The Bertz CT molecular complexity index is 1370. The molecular weight excluding hydrogens is 498 g/mol. The lowest BCUT2D eigenvalue weighted by Gasteiger charge is -2.33. The normalized spacial score (nSPS) is 18.6. The van der Waals surface area contributed by atoms with Crippen LogP contribution in [0.25, 0.3) is 22.4 Å². The molecule has 0 spiro atoms. The van der Waals surface area contributed by atoms with Crippen molar-refractivity contribution < 1.29 is 22.4 Å². The van der Waals surface area contributed by atoms with Crippen molar-refractivity contribution >= 4 is 34.0 Å². The molecule has 2 aromatic heterocycles. The van der Waals surface area contributed by atoms with Crippen LogP contribution in [0.3, 0.4) is 0 Å². The van der Waals surface area contributed by atoms with E-state index in [1.54, 1.807) is 55.5 Å². The number of carbonyl (C=O) groups is 1. The van der Waals surface area contributed by atoms with E-state index < -0.39 is 24.0 Å². The van der Waals surface area contributed by atoms with Crippen LogP contribution in [0.1, 0.15) is 34.0 Å². The summed E-state index contributed by atoms with van der Waals surface area (Å²) in [5.74, 6) is -0.374. The Morgan fingerprint density at radius 2 is 1.95 bits per heavy atom. The molecule has 4 rings (SSSR count). The number of alkyl halides is 4. The number of amides is 1. The maximum Gasteiger partial charge on any atom is 0.417 e. The summed E-state index contributed by atoms with van der Waals surface area (Å²) in [6, 6.07) is 11.2. The van der Waals surface area contributed by atoms with Gasteiger partial charge >= 0.3 is 6.18 Å². The van der Waals surface area contributed by atoms with Crippen molar-refractivity contribution in [3.63, 3.8) is 0 Å². The second kappa shape index (κ2) is 11.3. The minimum absolute atomic E-state index is 0.114. The molecule has 1 aliphatic rings. The van der Waals surface area contributed by atoms with E-state index >= 15 is 0 Å². The Hall–Kier alpha value is -3.79. The highest BCUT2D eigenvalue weighted by atomic mass is 19.4. The quantitative estimate of drug-likeness (QED) is 0.402. The van der Waals surface area contributed by atoms with Crippen molar-refractivity contribution in [3.8, 4) is 0 Å². The molecule has 1 saturated heterocycles. The zero-order chi connectivity index (χ0) is 27.4. The summed E-state index contributed by atoms with van der Waals surface area (Å²) >= 11 is 0. The summed E-state index contributed by atoms with van der Waals surface area (Å²) in [5, 5.41) is 6.63. The van der Waals surface area contributed by atoms with Gasteiger partial charge in [-0.05, 0) is 50.7 Å². The van der Waals surface area contributed by atoms with Gasteiger partial charge in [-0.25, -0.2) is 14.4 Å². The first-order valence-corrected chi connectivity index (χ1v) is 12.2. The summed E-state index contributed by atoms with van der Waals surface area (Å²) in [6.07, 6.45) is -2.13. The third-order valence-corrected chi connectivity index (χ3v) is 6.40. The van der Waals surface area contributed by atoms with Crippen molar-refractivity contribution in [2.24, 2.45) is 0 Å². The van der Waals surface area contributed by atoms with Gasteiger partial charge in [-0.1, -0.05) is 30.9 Å². The highest BCUT2D eigenvalue weighted by Crippen LogP contribution is 2.37. The van der Waals surface area contributed by atoms with Crippen molar-refractivity contribution in [2.75, 3.05) is 32.0 Å². The third kappa shape index (κ3) is 6.36. The zero-order valence-corrected chi connectivity index (χ0v) is 21.1. The fourth-order valence-electron chi connectivity index (χ4n) is 4.38. The summed E-state index contributed by atoms with van der Waals surface area (Å²) in [5.41, 5.74) is 0.362. The Kier molecular flexibility index (Phi) is 8.11. The van der Waals surface area contributed by atoms with Crippen LogP contribution in [-0.2, 0) is 0 Å². The molecule has 0 saturated carbocycles. The first-order chi connectivity index (χ1) is 18.0. The number of nitrogens with zero attached hydrogens (tertiary/aromatic N) is 3. The molecule has 2 atom stereocenters. The van der Waals surface area contributed by atoms with Gasteiger partial charge in [-0.3, -0.25) is 4.79 Å². The highest BCUT2D eigenvalue weighted by molar-refractivity contribution is 6.01. The lowest BCUT2D eigenvalue weighted by atomic mass is 9.99. The van der Waals surface area contributed by atoms with Crippen molar-refractivity contribution in [2.45, 2.75) is 31.7 Å². The van der Waals surface area contributed by atoms with Crippen molar-refractivity contribution in [3.05, 3.63) is 77.9 Å². The minimum Gasteiger partial charge on any atom is -0.379 e. The summed E-state index contributed by atoms with van der Waals surface area (Å²) in [4.78, 5) is 22.6. The van der Waals surface area contributed by atoms with Crippen LogP contribution in [0, 0.1) is 6.92 Å². The fourth-order valence-corrected chi connectivity index (χ4v) is 4.38. The summed E-state index contributed by atoms with van der Waals surface area (Å²) in [7, 11) is 1.85. The summed E-state index contributed by atoms with van der Waals surface area (Å²) in [6.45, 7) is 6.12. The molecule has 1 aliphatic heterocycles. The molecule has 1 aromatic carbocycles. The van der Waals surface area contributed by atoms with E-state index in [-0.39, 0.29) is 41.5 Å². The SMILES string of the molecule is C=C(c1nc(/C=C/CNC(=O)c2cccc(C)n2)cc2c(N[C@@H]3CCN(C)C[C@@H]3F)cccc12)C(F)(F)F. The molecule has 0 aliphatic carbocycles. The number of allylic oxidation sites excluding steroid dienone is 1. The van der Waals surface area contributed by atoms with Gasteiger partial charge in [0.15, 0.2) is 0 Å². The van der Waals surface area contributed by atoms with E-state index in [2.05, 4.69) is 27.2 Å². The molecule has 3 heterocycles. The molecule has 38 heavy (non-hydrogen) atoms. The van der Waals surface area contributed by atoms with Gasteiger partial charge in [0.05, 0.1) is 23.0 Å². The molecule has 10 heteroatoms. The lowest BCUT2D eigenvalue weighted by Crippen LogP contribution is -2.46. The smallest absolute Gasteiger partial charge is 0.379 e. The van der Waals surface area contributed by atoms with Gasteiger partial charge in [-0.15, -0.1) is 0 Å². The monoisotopic (exact) mass is 527 g/mol. The number of aromatic nitrogens is 2. The van der Waals surface area contributed by atoms with Gasteiger partial charge in [0.2, 0.25) is 0 Å². The maximum atomic E-state index is 14.7. The van der Waals surface area contributed by atoms with Crippen LogP contribution in [-0.4, -0.2) is 65.8 Å². The number of nitrogens with one attached hydrogen (secondary N) is 2. The topological polar surface area (TPSA) is 70.1 Å². The van der Waals surface area contributed by atoms with Crippen LogP contribution in [0.15, 0.2) is 55.1 Å². The number of anilines is 1. The number of benzene rings is 1. The average Bonchev–Trinajstić information content (AvgIpc) is 2.87. The first-order valence-electron chi connectivity index (χ1n) is 12.2. The summed E-state index contributed by atoms with van der Waals surface area (Å²) < 4.78 is 55.7. The number of piperidine rings is 1. The number of hydrogen-bond donors (Lipinski definition) is 2. The highest BCUT2D eigenvalue weighted by Gasteiger charge is 2.35. The molecule has 0 unspecified atom stereocenters. The predicted octanol–water partition coefficient (Wildman–Crippen LogP) is 5.41. The molecule has 0 bridgehead atoms. The Morgan fingerprint density at radius 1 is 1.18 bits per heavy atom. The van der Waals surface area contributed by atoms with E-state index in [1.807, 2.05) is 11.9 Å². The number of likely N-dealkylation sites (tertiary alicyclic amines) is 1. The second-order valence-electron chi connectivity index (χ2n) is 9.37. The third-order valence-electron chi connectivity index (χ3n) is 6.40. The molecule has 6 nitrogen and oxygen atoms in total. The number of hydrogen-bond acceptors (Lipinski definition) is 5. The Morgan fingerprint density at radius 3 is 2.66 bits per heavy atom. The lowest BCUT2D eigenvalue weighted by molar-refractivity contribution is -0.0688. The van der Waals surface area contributed by atoms with Gasteiger partial charge < -0.3 is 15.5 Å². The number of pyridine rings is 2. The minimum atomic E-state index is -4.68. The largest absolute Gasteiger partial charge is 0.417 e. The van der Waals surface area contributed by atoms with E-state index in [1.165, 1.54) is 6.08 Å². The molecule has 1 amide bonds. The first kappa shape index (κ1) is 27.3. The molecule has 200 valence electrons. The molecule has 3 aromatic rings. The second-order valence-corrected chi connectivity index (χ2v) is 9.37. The van der Waals surface area contributed by atoms with E-state index in [0.29, 0.717) is 29.7 Å². The van der Waals surface area contributed by atoms with Gasteiger partial charge in [0.1, 0.15) is 11.9 Å². The Balaban J connectivity index is 1.63. The van der Waals surface area contributed by atoms with E-state index in [0.717, 1.165) is 0 Å². The van der Waals surface area contributed by atoms with Gasteiger partial charge in [-0.2, -0.15) is 13.2 Å². The molecular formula is C28H29F4N5O. The predicted molar refractivity (Wildman–Crippen MR) is 142 cm³/mol. The van der Waals surface area contributed by atoms with Crippen LogP contribution >= 0.6 is 0 Å². The van der Waals surface area contributed by atoms with Crippen molar-refractivity contribution in [1.29, 1.82) is 0 Å². The molecule has 1 fully saturated rings. The molecule has 0 radical (unpaired) electrons. The van der Waals surface area contributed by atoms with Crippen LogP contribution in [0.2, 0.25) is 0 Å². The fraction of sp³-hybridized carbons (Fsp3) is 0.321. The van der Waals surface area contributed by atoms with Gasteiger partial charge in [0, 0.05) is 41.8 Å². The Labute approximate surface area is 218 Å². The zero-order valence-electron chi connectivity index (χ0n) is 21.1. The molecule has 2 N–H and O–H groups in total. The van der Waals surface area contributed by atoms with E-state index in [4.69, 9.17) is 0 Å². The number of carbonyl (C=O) groups excluding carboxylic acids is 1. The van der Waals surface area contributed by atoms with Crippen LogP contribution in [0.4, 0.5) is 23.2 Å².